The zero-order chi connectivity index (χ0) is 12.6. The van der Waals surface area contributed by atoms with Crippen molar-refractivity contribution in [2.75, 3.05) is 11.4 Å². The topological polar surface area (TPSA) is 37.4 Å². The first-order valence-electron chi connectivity index (χ1n) is 4.87. The van der Waals surface area contributed by atoms with E-state index in [0.29, 0.717) is 0 Å². The van der Waals surface area contributed by atoms with Crippen molar-refractivity contribution in [1.82, 2.24) is 0 Å². The number of hydrogen-bond acceptors (Lipinski definition) is 2. The van der Waals surface area contributed by atoms with E-state index in [-0.39, 0.29) is 24.4 Å². The van der Waals surface area contributed by atoms with Crippen LogP contribution in [0.4, 0.5) is 18.9 Å². The lowest BCUT2D eigenvalue weighted by atomic mass is 10.2. The third-order valence-electron chi connectivity index (χ3n) is 2.47. The summed E-state index contributed by atoms with van der Waals surface area (Å²) in [6.45, 7) is -0.153. The quantitative estimate of drug-likeness (QED) is 0.707. The van der Waals surface area contributed by atoms with Gasteiger partial charge in [-0.1, -0.05) is 6.07 Å². The van der Waals surface area contributed by atoms with Crippen molar-refractivity contribution in [2.24, 2.45) is 0 Å². The van der Waals surface area contributed by atoms with Gasteiger partial charge in [-0.3, -0.25) is 9.59 Å². The van der Waals surface area contributed by atoms with Gasteiger partial charge in [-0.2, -0.15) is 13.2 Å². The molecule has 0 atom stereocenters. The summed E-state index contributed by atoms with van der Waals surface area (Å²) in [5.41, 5.74) is -0.724. The average Bonchev–Trinajstić information content (AvgIpc) is 2.57. The molecule has 0 aliphatic carbocycles. The number of Topliss-reactive ketones (excluding diaryl/α,β-unsaturated/α-hetero) is 1. The van der Waals surface area contributed by atoms with Crippen LogP contribution >= 0.6 is 0 Å². The van der Waals surface area contributed by atoms with Crippen LogP contribution in [0.1, 0.15) is 12.0 Å². The van der Waals surface area contributed by atoms with Crippen LogP contribution in [0.25, 0.3) is 0 Å². The van der Waals surface area contributed by atoms with Crippen LogP contribution in [0, 0.1) is 0 Å². The SMILES string of the molecule is O=C1CC(=O)N(c2cccc(C(F)(F)F)c2)C1. The fraction of sp³-hybridized carbons (Fsp3) is 0.273. The minimum absolute atomic E-state index is 0.107. The second kappa shape index (κ2) is 3.87. The molecule has 0 aromatic heterocycles. The van der Waals surface area contributed by atoms with Gasteiger partial charge in [0.25, 0.3) is 0 Å². The molecule has 0 N–H and O–H groups in total. The highest BCUT2D eigenvalue weighted by molar-refractivity contribution is 6.15. The number of carbonyl (C=O) groups excluding carboxylic acids is 2. The largest absolute Gasteiger partial charge is 0.416 e. The molecule has 6 heteroatoms. The van der Waals surface area contributed by atoms with Crippen LogP contribution in [0.5, 0.6) is 0 Å². The maximum absolute atomic E-state index is 12.5. The first-order chi connectivity index (χ1) is 7.88. The predicted molar refractivity (Wildman–Crippen MR) is 53.4 cm³/mol. The number of anilines is 1. The maximum Gasteiger partial charge on any atom is 0.416 e. The average molecular weight is 243 g/mol. The third kappa shape index (κ3) is 2.30. The fourth-order valence-corrected chi connectivity index (χ4v) is 1.67. The van der Waals surface area contributed by atoms with Gasteiger partial charge in [-0.25, -0.2) is 0 Å². The molecule has 1 heterocycles. The van der Waals surface area contributed by atoms with Gasteiger partial charge in [0, 0.05) is 5.69 Å². The molecule has 1 aliphatic heterocycles. The predicted octanol–water partition coefficient (Wildman–Crippen LogP) is 2.01. The van der Waals surface area contributed by atoms with Crippen LogP contribution in [-0.4, -0.2) is 18.2 Å². The molecular formula is C11H8F3NO2. The van der Waals surface area contributed by atoms with E-state index < -0.39 is 17.6 Å². The molecule has 90 valence electrons. The van der Waals surface area contributed by atoms with Gasteiger partial charge in [0.1, 0.15) is 0 Å². The summed E-state index contributed by atoms with van der Waals surface area (Å²) in [7, 11) is 0. The number of halogens is 3. The summed E-state index contributed by atoms with van der Waals surface area (Å²) in [6.07, 6.45) is -4.70. The van der Waals surface area contributed by atoms with Gasteiger partial charge in [-0.15, -0.1) is 0 Å². The van der Waals surface area contributed by atoms with Crippen molar-refractivity contribution in [3.05, 3.63) is 29.8 Å². The molecule has 1 saturated heterocycles. The van der Waals surface area contributed by atoms with Gasteiger partial charge in [0.05, 0.1) is 18.5 Å². The molecule has 3 nitrogen and oxygen atoms in total. The van der Waals surface area contributed by atoms with Gasteiger partial charge in [-0.05, 0) is 18.2 Å². The Labute approximate surface area is 94.8 Å². The van der Waals surface area contributed by atoms with Crippen LogP contribution in [0.2, 0.25) is 0 Å². The molecule has 17 heavy (non-hydrogen) atoms. The Morgan fingerprint density at radius 2 is 1.88 bits per heavy atom. The molecule has 0 saturated carbocycles. The molecule has 1 amide bonds. The van der Waals surface area contributed by atoms with Crippen LogP contribution in [-0.2, 0) is 15.8 Å². The highest BCUT2D eigenvalue weighted by Gasteiger charge is 2.33. The molecule has 0 unspecified atom stereocenters. The molecule has 0 spiro atoms. The number of nitrogens with zero attached hydrogens (tertiary/aromatic N) is 1. The van der Waals surface area contributed by atoms with Crippen molar-refractivity contribution in [3.8, 4) is 0 Å². The number of benzene rings is 1. The van der Waals surface area contributed by atoms with Gasteiger partial charge < -0.3 is 4.90 Å². The van der Waals surface area contributed by atoms with Gasteiger partial charge in [0.2, 0.25) is 5.91 Å². The molecule has 1 aromatic rings. The second-order valence-corrected chi connectivity index (χ2v) is 3.74. The van der Waals surface area contributed by atoms with Crippen molar-refractivity contribution < 1.29 is 22.8 Å². The lowest BCUT2D eigenvalue weighted by Crippen LogP contribution is -2.24. The van der Waals surface area contributed by atoms with E-state index in [0.717, 1.165) is 17.0 Å². The number of carbonyl (C=O) groups is 2. The number of hydrogen-bond donors (Lipinski definition) is 0. The maximum atomic E-state index is 12.5. The summed E-state index contributed by atoms with van der Waals surface area (Å²) in [5, 5.41) is 0. The Morgan fingerprint density at radius 1 is 1.18 bits per heavy atom. The van der Waals surface area contributed by atoms with Crippen LogP contribution in [0.15, 0.2) is 24.3 Å². The number of amides is 1. The number of ketones is 1. The zero-order valence-corrected chi connectivity index (χ0v) is 8.62. The van der Waals surface area contributed by atoms with E-state index in [1.165, 1.54) is 12.1 Å². The number of rotatable bonds is 1. The highest BCUT2D eigenvalue weighted by atomic mass is 19.4. The van der Waals surface area contributed by atoms with E-state index in [9.17, 15) is 22.8 Å². The fourth-order valence-electron chi connectivity index (χ4n) is 1.67. The molecule has 1 aliphatic rings. The summed E-state index contributed by atoms with van der Waals surface area (Å²) in [6, 6.07) is 4.39. The Hall–Kier alpha value is -1.85. The Balaban J connectivity index is 2.34. The Morgan fingerprint density at radius 3 is 2.41 bits per heavy atom. The third-order valence-corrected chi connectivity index (χ3v) is 2.47. The first-order valence-corrected chi connectivity index (χ1v) is 4.87. The van der Waals surface area contributed by atoms with Gasteiger partial charge in [0.15, 0.2) is 5.78 Å². The highest BCUT2D eigenvalue weighted by Crippen LogP contribution is 2.32. The number of alkyl halides is 3. The molecule has 2 rings (SSSR count). The summed E-state index contributed by atoms with van der Waals surface area (Å²) < 4.78 is 37.4. The van der Waals surface area contributed by atoms with Crippen LogP contribution in [0.3, 0.4) is 0 Å². The summed E-state index contributed by atoms with van der Waals surface area (Å²) in [5.74, 6) is -0.748. The smallest absolute Gasteiger partial charge is 0.305 e. The van der Waals surface area contributed by atoms with Gasteiger partial charge >= 0.3 is 6.18 Å². The van der Waals surface area contributed by atoms with Crippen molar-refractivity contribution in [3.63, 3.8) is 0 Å². The normalized spacial score (nSPS) is 16.8. The van der Waals surface area contributed by atoms with E-state index in [2.05, 4.69) is 0 Å². The Kier molecular flexibility index (Phi) is 2.65. The van der Waals surface area contributed by atoms with E-state index >= 15 is 0 Å². The van der Waals surface area contributed by atoms with E-state index in [1.54, 1.807) is 0 Å². The minimum Gasteiger partial charge on any atom is -0.305 e. The zero-order valence-electron chi connectivity index (χ0n) is 8.62. The lowest BCUT2D eigenvalue weighted by molar-refractivity contribution is -0.137. The second-order valence-electron chi connectivity index (χ2n) is 3.74. The molecular weight excluding hydrogens is 235 g/mol. The minimum atomic E-state index is -4.46. The van der Waals surface area contributed by atoms with Crippen molar-refractivity contribution >= 4 is 17.4 Å². The summed E-state index contributed by atoms with van der Waals surface area (Å²) >= 11 is 0. The molecule has 1 fully saturated rings. The summed E-state index contributed by atoms with van der Waals surface area (Å²) in [4.78, 5) is 23.5. The Bertz CT molecular complexity index is 482. The molecule has 0 radical (unpaired) electrons. The van der Waals surface area contributed by atoms with E-state index in [4.69, 9.17) is 0 Å². The van der Waals surface area contributed by atoms with E-state index in [1.807, 2.05) is 0 Å². The first kappa shape index (κ1) is 11.6. The van der Waals surface area contributed by atoms with Crippen LogP contribution < -0.4 is 4.90 Å². The molecule has 1 aromatic carbocycles. The molecule has 0 bridgehead atoms. The van der Waals surface area contributed by atoms with Crippen molar-refractivity contribution in [1.29, 1.82) is 0 Å². The lowest BCUT2D eigenvalue weighted by Gasteiger charge is -2.16. The van der Waals surface area contributed by atoms with Crippen molar-refractivity contribution in [2.45, 2.75) is 12.6 Å². The standard InChI is InChI=1S/C11H8F3NO2/c12-11(13,14)7-2-1-3-8(4-7)15-6-9(16)5-10(15)17/h1-4H,5-6H2. The monoisotopic (exact) mass is 243 g/mol.